The van der Waals surface area contributed by atoms with Gasteiger partial charge in [0.05, 0.1) is 0 Å². The molecule has 0 heterocycles. The van der Waals surface area contributed by atoms with E-state index >= 15 is 0 Å². The fourth-order valence-electron chi connectivity index (χ4n) is 5.81. The van der Waals surface area contributed by atoms with E-state index in [0.29, 0.717) is 12.8 Å². The monoisotopic (exact) mass is 669 g/mol. The quantitative estimate of drug-likeness (QED) is 0.0410. The van der Waals surface area contributed by atoms with Gasteiger partial charge in [0.1, 0.15) is 6.10 Å². The van der Waals surface area contributed by atoms with Crippen LogP contribution in [0.2, 0.25) is 0 Å². The zero-order valence-corrected chi connectivity index (χ0v) is 31.5. The predicted molar refractivity (Wildman–Crippen MR) is 208 cm³/mol. The van der Waals surface area contributed by atoms with Crippen molar-refractivity contribution in [1.29, 1.82) is 0 Å². The molecule has 4 heteroatoms. The van der Waals surface area contributed by atoms with E-state index in [1.807, 2.05) is 0 Å². The molecule has 0 aromatic carbocycles. The summed E-state index contributed by atoms with van der Waals surface area (Å²) >= 11 is 0. The largest absolute Gasteiger partial charge is 0.481 e. The molecule has 1 N–H and O–H groups in total. The number of ether oxygens (including phenoxy) is 1. The highest BCUT2D eigenvalue weighted by Gasteiger charge is 2.14. The number of unbranched alkanes of at least 4 members (excludes halogenated alkanes) is 17. The molecule has 0 radical (unpaired) electrons. The molecule has 0 spiro atoms. The van der Waals surface area contributed by atoms with E-state index in [0.717, 1.165) is 77.0 Å². The minimum atomic E-state index is -0.673. The Balaban J connectivity index is 4.06. The number of rotatable bonds is 36. The van der Waals surface area contributed by atoms with E-state index in [-0.39, 0.29) is 12.1 Å². The third-order valence-electron chi connectivity index (χ3n) is 8.75. The van der Waals surface area contributed by atoms with E-state index in [1.165, 1.54) is 96.3 Å². The third kappa shape index (κ3) is 38.1. The van der Waals surface area contributed by atoms with Gasteiger partial charge in [-0.1, -0.05) is 171 Å². The van der Waals surface area contributed by atoms with Crippen LogP contribution in [-0.2, 0) is 14.3 Å². The van der Waals surface area contributed by atoms with Gasteiger partial charge in [-0.3, -0.25) is 9.59 Å². The number of hydrogen-bond acceptors (Lipinski definition) is 3. The van der Waals surface area contributed by atoms with Gasteiger partial charge in [0.15, 0.2) is 0 Å². The smallest absolute Gasteiger partial charge is 0.306 e. The molecule has 0 aliphatic rings. The Labute approximate surface area is 297 Å². The summed E-state index contributed by atoms with van der Waals surface area (Å²) in [6.07, 6.45) is 54.0. The molecule has 0 aromatic heterocycles. The van der Waals surface area contributed by atoms with Gasteiger partial charge in [0.2, 0.25) is 0 Å². The molecule has 48 heavy (non-hydrogen) atoms. The average molecular weight is 669 g/mol. The molecule has 1 unspecified atom stereocenters. The lowest BCUT2D eigenvalue weighted by atomic mass is 10.0. The maximum atomic E-state index is 12.7. The Hall–Kier alpha value is -2.36. The van der Waals surface area contributed by atoms with Gasteiger partial charge < -0.3 is 9.84 Å². The molecule has 1 atom stereocenters. The van der Waals surface area contributed by atoms with Crippen LogP contribution in [0.25, 0.3) is 0 Å². The summed E-state index contributed by atoms with van der Waals surface area (Å²) in [5, 5.41) is 8.70. The Morgan fingerprint density at radius 2 is 0.875 bits per heavy atom. The summed E-state index contributed by atoms with van der Waals surface area (Å²) in [5.74, 6) is -0.687. The second-order valence-electron chi connectivity index (χ2n) is 13.4. The maximum absolute atomic E-state index is 12.7. The van der Waals surface area contributed by atoms with Gasteiger partial charge in [-0.2, -0.15) is 0 Å². The van der Waals surface area contributed by atoms with Crippen LogP contribution in [0.5, 0.6) is 0 Å². The molecule has 0 amide bonds. The lowest BCUT2D eigenvalue weighted by molar-refractivity contribution is -0.150. The molecule has 0 saturated carbocycles. The fraction of sp³-hybridized carbons (Fsp3) is 0.727. The number of carboxylic acid groups (broad SMARTS) is 1. The highest BCUT2D eigenvalue weighted by Crippen LogP contribution is 2.18. The second-order valence-corrected chi connectivity index (χ2v) is 13.4. The molecule has 4 nitrogen and oxygen atoms in total. The molecular formula is C44H76O4. The van der Waals surface area contributed by atoms with E-state index in [9.17, 15) is 9.59 Å². The molecule has 0 aliphatic carbocycles. The van der Waals surface area contributed by atoms with Crippen molar-refractivity contribution in [3.05, 3.63) is 60.8 Å². The molecule has 0 saturated heterocycles. The van der Waals surface area contributed by atoms with Crippen LogP contribution in [0.4, 0.5) is 0 Å². The van der Waals surface area contributed by atoms with Crippen LogP contribution in [0.3, 0.4) is 0 Å². The second kappa shape index (κ2) is 39.1. The normalized spacial score (nSPS) is 12.9. The highest BCUT2D eigenvalue weighted by atomic mass is 16.5. The SMILES string of the molecule is CC/C=C\C/C=C\C/C=C\C/C=C\C/C=C\CCCC(=O)OC(CCCCCCCC)CCCCCCCCCCCCCCC(=O)O. The number of carbonyl (C=O) groups excluding carboxylic acids is 1. The van der Waals surface area contributed by atoms with Crippen molar-refractivity contribution >= 4 is 11.9 Å². The Bertz CT molecular complexity index is 850. The zero-order valence-electron chi connectivity index (χ0n) is 31.5. The van der Waals surface area contributed by atoms with Crippen molar-refractivity contribution < 1.29 is 19.4 Å². The van der Waals surface area contributed by atoms with Gasteiger partial charge >= 0.3 is 11.9 Å². The first-order valence-electron chi connectivity index (χ1n) is 20.3. The lowest BCUT2D eigenvalue weighted by Crippen LogP contribution is -2.18. The van der Waals surface area contributed by atoms with Gasteiger partial charge in [0.25, 0.3) is 0 Å². The van der Waals surface area contributed by atoms with Crippen LogP contribution in [0.15, 0.2) is 60.8 Å². The van der Waals surface area contributed by atoms with E-state index in [1.54, 1.807) is 0 Å². The Kier molecular flexibility index (Phi) is 37.2. The maximum Gasteiger partial charge on any atom is 0.306 e. The van der Waals surface area contributed by atoms with Crippen molar-refractivity contribution in [2.45, 2.75) is 206 Å². The zero-order chi connectivity index (χ0) is 35.0. The van der Waals surface area contributed by atoms with Crippen molar-refractivity contribution in [2.24, 2.45) is 0 Å². The summed E-state index contributed by atoms with van der Waals surface area (Å²) in [4.78, 5) is 23.2. The number of carboxylic acids is 1. The molecule has 0 bridgehead atoms. The summed E-state index contributed by atoms with van der Waals surface area (Å²) < 4.78 is 6.01. The summed E-state index contributed by atoms with van der Waals surface area (Å²) in [6.45, 7) is 4.42. The number of allylic oxidation sites excluding steroid dienone is 10. The molecule has 0 aromatic rings. The van der Waals surface area contributed by atoms with Crippen LogP contribution in [0, 0.1) is 0 Å². The van der Waals surface area contributed by atoms with Crippen LogP contribution >= 0.6 is 0 Å². The van der Waals surface area contributed by atoms with Crippen molar-refractivity contribution in [1.82, 2.24) is 0 Å². The van der Waals surface area contributed by atoms with E-state index < -0.39 is 5.97 Å². The predicted octanol–water partition coefficient (Wildman–Crippen LogP) is 14.1. The van der Waals surface area contributed by atoms with Crippen LogP contribution in [0.1, 0.15) is 200 Å². The van der Waals surface area contributed by atoms with E-state index in [4.69, 9.17) is 9.84 Å². The summed E-state index contributed by atoms with van der Waals surface area (Å²) in [5.41, 5.74) is 0. The number of hydrogen-bond donors (Lipinski definition) is 1. The molecular weight excluding hydrogens is 592 g/mol. The van der Waals surface area contributed by atoms with Crippen molar-refractivity contribution in [2.75, 3.05) is 0 Å². The molecule has 0 fully saturated rings. The van der Waals surface area contributed by atoms with Crippen LogP contribution in [-0.4, -0.2) is 23.1 Å². The lowest BCUT2D eigenvalue weighted by Gasteiger charge is -2.18. The third-order valence-corrected chi connectivity index (χ3v) is 8.75. The number of aliphatic carboxylic acids is 1. The van der Waals surface area contributed by atoms with Crippen LogP contribution < -0.4 is 0 Å². The van der Waals surface area contributed by atoms with Gasteiger partial charge in [0, 0.05) is 12.8 Å². The highest BCUT2D eigenvalue weighted by molar-refractivity contribution is 5.69. The average Bonchev–Trinajstić information content (AvgIpc) is 3.07. The first-order chi connectivity index (χ1) is 23.6. The Morgan fingerprint density at radius 1 is 0.479 bits per heavy atom. The first kappa shape index (κ1) is 45.6. The number of esters is 1. The summed E-state index contributed by atoms with van der Waals surface area (Å²) in [7, 11) is 0. The fourth-order valence-corrected chi connectivity index (χ4v) is 5.81. The standard InChI is InChI=1S/C44H76O4/c1-3-5-7-9-11-12-13-14-15-16-17-18-23-26-29-33-37-41-44(47)48-42(38-34-30-10-8-6-4-2)39-35-31-27-24-21-19-20-22-25-28-32-36-40-43(45)46/h5,7,11-12,14-15,17-18,26,29,42H,3-4,6,8-10,13,16,19-25,27-28,30-41H2,1-2H3,(H,45,46)/b7-5-,12-11-,15-14-,18-17-,29-26-. The first-order valence-corrected chi connectivity index (χ1v) is 20.3. The minimum Gasteiger partial charge on any atom is -0.481 e. The molecule has 0 aliphatic heterocycles. The van der Waals surface area contributed by atoms with Gasteiger partial charge in [-0.15, -0.1) is 0 Å². The van der Waals surface area contributed by atoms with Crippen molar-refractivity contribution in [3.8, 4) is 0 Å². The topological polar surface area (TPSA) is 63.6 Å². The minimum absolute atomic E-state index is 0.0137. The van der Waals surface area contributed by atoms with Gasteiger partial charge in [-0.25, -0.2) is 0 Å². The van der Waals surface area contributed by atoms with E-state index in [2.05, 4.69) is 74.6 Å². The van der Waals surface area contributed by atoms with Gasteiger partial charge in [-0.05, 0) is 77.0 Å². The molecule has 276 valence electrons. The summed E-state index contributed by atoms with van der Waals surface area (Å²) in [6, 6.07) is 0. The Morgan fingerprint density at radius 3 is 1.31 bits per heavy atom. The number of carbonyl (C=O) groups is 2. The molecule has 0 rings (SSSR count). The van der Waals surface area contributed by atoms with Crippen molar-refractivity contribution in [3.63, 3.8) is 0 Å².